The van der Waals surface area contributed by atoms with Crippen molar-refractivity contribution in [2.24, 2.45) is 0 Å². The maximum atomic E-state index is 6.37. The number of allylic oxidation sites excluding steroid dienone is 1. The van der Waals surface area contributed by atoms with E-state index >= 15 is 0 Å². The topological polar surface area (TPSA) is 13.1 Å². The lowest BCUT2D eigenvalue weighted by Gasteiger charge is -2.19. The molecule has 1 aliphatic carbocycles. The predicted molar refractivity (Wildman–Crippen MR) is 199 cm³/mol. The first-order chi connectivity index (χ1) is 23.2. The quantitative estimate of drug-likeness (QED) is 0.184. The summed E-state index contributed by atoms with van der Waals surface area (Å²) in [6.07, 6.45) is 2.33. The molecule has 47 heavy (non-hydrogen) atoms. The van der Waals surface area contributed by atoms with Crippen LogP contribution in [0.1, 0.15) is 29.5 Å². The summed E-state index contributed by atoms with van der Waals surface area (Å²) >= 11 is 0. The zero-order valence-corrected chi connectivity index (χ0v) is 26.0. The Balaban J connectivity index is 1.17. The highest BCUT2D eigenvalue weighted by Crippen LogP contribution is 2.46. The van der Waals surface area contributed by atoms with Gasteiger partial charge in [-0.15, -0.1) is 0 Å². The first-order valence-electron chi connectivity index (χ1n) is 16.4. The van der Waals surface area contributed by atoms with Crippen LogP contribution in [0.25, 0.3) is 82.6 Å². The zero-order valence-electron chi connectivity index (χ0n) is 26.0. The lowest BCUT2D eigenvalue weighted by atomic mass is 9.84. The molecule has 1 nitrogen and oxygen atoms in total. The van der Waals surface area contributed by atoms with E-state index in [0.717, 1.165) is 21.9 Å². The van der Waals surface area contributed by atoms with Crippen molar-refractivity contribution >= 4 is 60.3 Å². The van der Waals surface area contributed by atoms with Gasteiger partial charge in [-0.25, -0.2) is 0 Å². The third-order valence-corrected chi connectivity index (χ3v) is 10.2. The van der Waals surface area contributed by atoms with Crippen molar-refractivity contribution in [3.05, 3.63) is 174 Å². The Morgan fingerprint density at radius 2 is 1.00 bits per heavy atom. The molecule has 0 aliphatic heterocycles. The molecule has 0 saturated carbocycles. The second-order valence-electron chi connectivity index (χ2n) is 12.9. The summed E-state index contributed by atoms with van der Waals surface area (Å²) in [5, 5.41) is 9.76. The molecule has 0 N–H and O–H groups in total. The molecule has 0 amide bonds. The third-order valence-electron chi connectivity index (χ3n) is 10.2. The highest BCUT2D eigenvalue weighted by molar-refractivity contribution is 6.22. The average molecular weight is 599 g/mol. The lowest BCUT2D eigenvalue weighted by molar-refractivity contribution is 0.669. The maximum Gasteiger partial charge on any atom is 0.136 e. The van der Waals surface area contributed by atoms with Gasteiger partial charge in [0.2, 0.25) is 0 Å². The van der Waals surface area contributed by atoms with Crippen LogP contribution < -0.4 is 0 Å². The van der Waals surface area contributed by atoms with Crippen molar-refractivity contribution in [1.29, 1.82) is 0 Å². The Morgan fingerprint density at radius 1 is 0.447 bits per heavy atom. The van der Waals surface area contributed by atoms with Gasteiger partial charge in [-0.05, 0) is 102 Å². The SMILES string of the molecule is CC1=Cc2ccccc2C1c1ccc(-c2c3ccccc3c(-c3ccc4oc5cc6ccccc6cc5c4c3)c3ccccc23)cc1. The monoisotopic (exact) mass is 598 g/mol. The fourth-order valence-corrected chi connectivity index (χ4v) is 8.13. The van der Waals surface area contributed by atoms with Crippen LogP contribution in [0, 0.1) is 0 Å². The molecule has 0 bridgehead atoms. The van der Waals surface area contributed by atoms with Crippen molar-refractivity contribution in [3.8, 4) is 22.3 Å². The molecule has 1 aliphatic rings. The van der Waals surface area contributed by atoms with Gasteiger partial charge in [-0.2, -0.15) is 0 Å². The zero-order chi connectivity index (χ0) is 31.1. The normalized spacial score (nSPS) is 14.4. The number of hydrogen-bond donors (Lipinski definition) is 0. The van der Waals surface area contributed by atoms with Crippen LogP contribution in [0.3, 0.4) is 0 Å². The largest absolute Gasteiger partial charge is 0.456 e. The molecule has 1 heterocycles. The summed E-state index contributed by atoms with van der Waals surface area (Å²) in [6, 6.07) is 55.5. The summed E-state index contributed by atoms with van der Waals surface area (Å²) in [5.74, 6) is 0.308. The molecule has 1 unspecified atom stereocenters. The molecule has 1 heteroatoms. The van der Waals surface area contributed by atoms with Gasteiger partial charge in [0.15, 0.2) is 0 Å². The van der Waals surface area contributed by atoms with E-state index in [1.807, 2.05) is 0 Å². The Morgan fingerprint density at radius 3 is 1.70 bits per heavy atom. The van der Waals surface area contributed by atoms with Crippen molar-refractivity contribution in [3.63, 3.8) is 0 Å². The Labute approximate surface area is 273 Å². The molecular formula is C46H30O. The van der Waals surface area contributed by atoms with Crippen molar-refractivity contribution in [2.75, 3.05) is 0 Å². The van der Waals surface area contributed by atoms with Crippen molar-refractivity contribution < 1.29 is 4.42 Å². The number of rotatable bonds is 3. The van der Waals surface area contributed by atoms with E-state index in [9.17, 15) is 0 Å². The first kappa shape index (κ1) is 26.3. The summed E-state index contributed by atoms with van der Waals surface area (Å²) in [6.45, 7) is 2.25. The van der Waals surface area contributed by atoms with Crippen molar-refractivity contribution in [1.82, 2.24) is 0 Å². The molecule has 0 saturated heterocycles. The Kier molecular flexibility index (Phi) is 5.62. The minimum atomic E-state index is 0.308. The maximum absolute atomic E-state index is 6.37. The van der Waals surface area contributed by atoms with Crippen LogP contribution >= 0.6 is 0 Å². The number of furan rings is 1. The second kappa shape index (κ2) is 10.0. The van der Waals surface area contributed by atoms with Gasteiger partial charge in [0.25, 0.3) is 0 Å². The first-order valence-corrected chi connectivity index (χ1v) is 16.4. The highest BCUT2D eigenvalue weighted by Gasteiger charge is 2.24. The van der Waals surface area contributed by atoms with Gasteiger partial charge in [0, 0.05) is 16.7 Å². The molecule has 10 rings (SSSR count). The van der Waals surface area contributed by atoms with Crippen LogP contribution in [0.4, 0.5) is 0 Å². The van der Waals surface area contributed by atoms with E-state index in [2.05, 4.69) is 165 Å². The van der Waals surface area contributed by atoms with E-state index < -0.39 is 0 Å². The molecule has 9 aromatic rings. The molecule has 0 fully saturated rings. The van der Waals surface area contributed by atoms with Crippen LogP contribution in [-0.2, 0) is 0 Å². The van der Waals surface area contributed by atoms with E-state index in [1.54, 1.807) is 0 Å². The Hall–Kier alpha value is -5.92. The predicted octanol–water partition coefficient (Wildman–Crippen LogP) is 12.9. The fraction of sp³-hybridized carbons (Fsp3) is 0.0435. The molecule has 1 aromatic heterocycles. The minimum absolute atomic E-state index is 0.308. The number of benzene rings is 8. The smallest absolute Gasteiger partial charge is 0.136 e. The molecule has 0 spiro atoms. The van der Waals surface area contributed by atoms with Gasteiger partial charge in [-0.1, -0.05) is 139 Å². The third kappa shape index (κ3) is 3.96. The van der Waals surface area contributed by atoms with Crippen molar-refractivity contribution in [2.45, 2.75) is 12.8 Å². The summed E-state index contributed by atoms with van der Waals surface area (Å²) in [7, 11) is 0. The molecule has 0 radical (unpaired) electrons. The van der Waals surface area contributed by atoms with Crippen LogP contribution in [0.2, 0.25) is 0 Å². The second-order valence-corrected chi connectivity index (χ2v) is 12.9. The standard InChI is InChI=1S/C46H30O/c1-28-24-33-12-4-5-13-35(33)44(28)29-18-20-30(21-19-29)45-36-14-6-8-16-38(36)46(39-17-9-7-15-37(39)45)34-22-23-42-40(26-34)41-25-31-10-2-3-11-32(31)27-43(41)47-42/h2-27,44H,1H3. The van der Waals surface area contributed by atoms with Gasteiger partial charge in [0.05, 0.1) is 0 Å². The lowest BCUT2D eigenvalue weighted by Crippen LogP contribution is -1.99. The molecular weight excluding hydrogens is 569 g/mol. The molecule has 220 valence electrons. The fourth-order valence-electron chi connectivity index (χ4n) is 8.13. The molecule has 8 aromatic carbocycles. The van der Waals surface area contributed by atoms with E-state index in [1.165, 1.54) is 76.8 Å². The summed E-state index contributed by atoms with van der Waals surface area (Å²) in [4.78, 5) is 0. The number of fused-ring (bicyclic) bond motifs is 7. The van der Waals surface area contributed by atoms with Gasteiger partial charge in [0.1, 0.15) is 11.2 Å². The summed E-state index contributed by atoms with van der Waals surface area (Å²) in [5.41, 5.74) is 12.3. The van der Waals surface area contributed by atoms with Gasteiger partial charge in [-0.3, -0.25) is 0 Å². The van der Waals surface area contributed by atoms with E-state index in [0.29, 0.717) is 5.92 Å². The Bertz CT molecular complexity index is 2680. The van der Waals surface area contributed by atoms with E-state index in [4.69, 9.17) is 4.42 Å². The van der Waals surface area contributed by atoms with Crippen LogP contribution in [0.5, 0.6) is 0 Å². The minimum Gasteiger partial charge on any atom is -0.456 e. The average Bonchev–Trinajstić information content (AvgIpc) is 3.65. The van der Waals surface area contributed by atoms with Crippen LogP contribution in [0.15, 0.2) is 162 Å². The number of hydrogen-bond acceptors (Lipinski definition) is 1. The van der Waals surface area contributed by atoms with E-state index in [-0.39, 0.29) is 0 Å². The summed E-state index contributed by atoms with van der Waals surface area (Å²) < 4.78 is 6.37. The van der Waals surface area contributed by atoms with Crippen LogP contribution in [-0.4, -0.2) is 0 Å². The van der Waals surface area contributed by atoms with Gasteiger partial charge >= 0.3 is 0 Å². The molecule has 1 atom stereocenters. The van der Waals surface area contributed by atoms with Gasteiger partial charge < -0.3 is 4.42 Å². The highest BCUT2D eigenvalue weighted by atomic mass is 16.3.